The fraction of sp³-hybridized carbons (Fsp3) is 0.500. The van der Waals surface area contributed by atoms with Gasteiger partial charge in [-0.1, -0.05) is 5.16 Å². The maximum atomic E-state index is 12.4. The molecule has 0 aliphatic carbocycles. The first kappa shape index (κ1) is 15.7. The number of nitrogens with zero attached hydrogens (tertiary/aromatic N) is 3. The standard InChI is InChI=1S/C12H19N5O3S/c1-9-12(10(2)17(15-9)6-5-13-3)21(18,19)14-8-11-4-7-20-16-11/h4,7,13-14H,5-6,8H2,1-3H3. The minimum absolute atomic E-state index is 0.0827. The summed E-state index contributed by atoms with van der Waals surface area (Å²) in [5.74, 6) is 0. The smallest absolute Gasteiger partial charge is 0.244 e. The molecule has 0 amide bonds. The van der Waals surface area contributed by atoms with Gasteiger partial charge in [0.15, 0.2) is 0 Å². The van der Waals surface area contributed by atoms with Crippen LogP contribution in [0.15, 0.2) is 21.7 Å². The third kappa shape index (κ3) is 3.49. The molecule has 9 heteroatoms. The molecule has 0 radical (unpaired) electrons. The zero-order chi connectivity index (χ0) is 15.5. The summed E-state index contributed by atoms with van der Waals surface area (Å²) >= 11 is 0. The first-order valence-electron chi connectivity index (χ1n) is 6.53. The van der Waals surface area contributed by atoms with Crippen LogP contribution in [0.4, 0.5) is 0 Å². The third-order valence-corrected chi connectivity index (χ3v) is 4.74. The predicted molar refractivity (Wildman–Crippen MR) is 76.2 cm³/mol. The number of rotatable bonds is 7. The Kier molecular flexibility index (Phi) is 4.76. The van der Waals surface area contributed by atoms with Crippen LogP contribution < -0.4 is 10.0 Å². The quantitative estimate of drug-likeness (QED) is 0.756. The van der Waals surface area contributed by atoms with Gasteiger partial charge in [0.1, 0.15) is 11.2 Å². The fourth-order valence-corrected chi connectivity index (χ4v) is 3.48. The number of sulfonamides is 1. The van der Waals surface area contributed by atoms with E-state index in [1.54, 1.807) is 24.6 Å². The topological polar surface area (TPSA) is 102 Å². The minimum atomic E-state index is -3.64. The van der Waals surface area contributed by atoms with Crippen LogP contribution in [0.5, 0.6) is 0 Å². The van der Waals surface area contributed by atoms with Crippen LogP contribution in [0.3, 0.4) is 0 Å². The van der Waals surface area contributed by atoms with Gasteiger partial charge in [-0.2, -0.15) is 5.10 Å². The number of nitrogens with one attached hydrogen (secondary N) is 2. The van der Waals surface area contributed by atoms with E-state index in [1.807, 2.05) is 7.05 Å². The van der Waals surface area contributed by atoms with Crippen LogP contribution in [0.25, 0.3) is 0 Å². The van der Waals surface area contributed by atoms with E-state index in [-0.39, 0.29) is 11.4 Å². The van der Waals surface area contributed by atoms with Gasteiger partial charge in [0.25, 0.3) is 0 Å². The molecule has 2 aromatic rings. The van der Waals surface area contributed by atoms with E-state index in [2.05, 4.69) is 24.8 Å². The predicted octanol–water partition coefficient (Wildman–Crippen LogP) is 0.186. The maximum Gasteiger partial charge on any atom is 0.244 e. The largest absolute Gasteiger partial charge is 0.364 e. The second kappa shape index (κ2) is 6.37. The minimum Gasteiger partial charge on any atom is -0.364 e. The van der Waals surface area contributed by atoms with Crippen LogP contribution in [-0.4, -0.2) is 36.9 Å². The maximum absolute atomic E-state index is 12.4. The van der Waals surface area contributed by atoms with E-state index in [0.717, 1.165) is 0 Å². The summed E-state index contributed by atoms with van der Waals surface area (Å²) in [4.78, 5) is 0.224. The van der Waals surface area contributed by atoms with E-state index in [0.29, 0.717) is 30.2 Å². The van der Waals surface area contributed by atoms with Gasteiger partial charge in [-0.3, -0.25) is 4.68 Å². The van der Waals surface area contributed by atoms with Gasteiger partial charge < -0.3 is 9.84 Å². The van der Waals surface area contributed by atoms with Gasteiger partial charge in [0.05, 0.1) is 30.2 Å². The normalized spacial score (nSPS) is 12.0. The zero-order valence-corrected chi connectivity index (χ0v) is 13.1. The van der Waals surface area contributed by atoms with Crippen molar-refractivity contribution >= 4 is 10.0 Å². The lowest BCUT2D eigenvalue weighted by atomic mass is 10.4. The Balaban J connectivity index is 2.21. The Morgan fingerprint density at radius 2 is 2.14 bits per heavy atom. The zero-order valence-electron chi connectivity index (χ0n) is 12.3. The van der Waals surface area contributed by atoms with Gasteiger partial charge in [0, 0.05) is 12.6 Å². The van der Waals surface area contributed by atoms with E-state index in [1.165, 1.54) is 6.26 Å². The average molecular weight is 313 g/mol. The van der Waals surface area contributed by atoms with Crippen molar-refractivity contribution in [3.63, 3.8) is 0 Å². The molecule has 21 heavy (non-hydrogen) atoms. The second-order valence-electron chi connectivity index (χ2n) is 4.64. The van der Waals surface area contributed by atoms with Crippen molar-refractivity contribution in [2.24, 2.45) is 0 Å². The first-order valence-corrected chi connectivity index (χ1v) is 8.01. The van der Waals surface area contributed by atoms with E-state index in [4.69, 9.17) is 0 Å². The number of hydrogen-bond donors (Lipinski definition) is 2. The summed E-state index contributed by atoms with van der Waals surface area (Å²) in [7, 11) is -1.80. The van der Waals surface area contributed by atoms with Crippen molar-refractivity contribution in [2.75, 3.05) is 13.6 Å². The molecule has 0 unspecified atom stereocenters. The summed E-state index contributed by atoms with van der Waals surface area (Å²) in [5.41, 5.74) is 1.63. The summed E-state index contributed by atoms with van der Waals surface area (Å²) in [6.45, 7) is 4.85. The van der Waals surface area contributed by atoms with Crippen LogP contribution in [0.1, 0.15) is 17.1 Å². The Morgan fingerprint density at radius 3 is 2.76 bits per heavy atom. The average Bonchev–Trinajstić information content (AvgIpc) is 3.03. The van der Waals surface area contributed by atoms with E-state index in [9.17, 15) is 8.42 Å². The molecule has 2 rings (SSSR count). The number of aromatic nitrogens is 3. The van der Waals surface area contributed by atoms with Crippen LogP contribution >= 0.6 is 0 Å². The summed E-state index contributed by atoms with van der Waals surface area (Å²) < 4.78 is 33.7. The number of hydrogen-bond acceptors (Lipinski definition) is 6. The number of aryl methyl sites for hydroxylation is 1. The number of likely N-dealkylation sites (N-methyl/N-ethyl adjacent to an activating group) is 1. The van der Waals surface area contributed by atoms with Crippen molar-refractivity contribution in [1.29, 1.82) is 0 Å². The second-order valence-corrected chi connectivity index (χ2v) is 6.35. The van der Waals surface area contributed by atoms with Crippen molar-refractivity contribution in [2.45, 2.75) is 31.8 Å². The highest BCUT2D eigenvalue weighted by atomic mass is 32.2. The lowest BCUT2D eigenvalue weighted by Crippen LogP contribution is -2.24. The lowest BCUT2D eigenvalue weighted by molar-refractivity contribution is 0.411. The van der Waals surface area contributed by atoms with Crippen molar-refractivity contribution in [1.82, 2.24) is 25.0 Å². The van der Waals surface area contributed by atoms with Crippen molar-refractivity contribution < 1.29 is 12.9 Å². The Hall–Kier alpha value is -1.71. The Morgan fingerprint density at radius 1 is 1.38 bits per heavy atom. The SMILES string of the molecule is CNCCn1nc(C)c(S(=O)(=O)NCc2ccon2)c1C. The summed E-state index contributed by atoms with van der Waals surface area (Å²) in [5, 5.41) is 11.0. The molecule has 0 aliphatic rings. The molecule has 2 N–H and O–H groups in total. The molecule has 0 spiro atoms. The van der Waals surface area contributed by atoms with Gasteiger partial charge >= 0.3 is 0 Å². The van der Waals surface area contributed by atoms with E-state index < -0.39 is 10.0 Å². The van der Waals surface area contributed by atoms with Gasteiger partial charge in [-0.05, 0) is 20.9 Å². The van der Waals surface area contributed by atoms with Gasteiger partial charge in [-0.25, -0.2) is 13.1 Å². The fourth-order valence-electron chi connectivity index (χ4n) is 2.07. The Labute approximate surface area is 123 Å². The molecular formula is C12H19N5O3S. The molecule has 0 aromatic carbocycles. The monoisotopic (exact) mass is 313 g/mol. The molecule has 2 heterocycles. The Bertz CT molecular complexity index is 691. The molecular weight excluding hydrogens is 294 g/mol. The third-order valence-electron chi connectivity index (χ3n) is 3.09. The molecule has 0 bridgehead atoms. The van der Waals surface area contributed by atoms with Crippen LogP contribution in [-0.2, 0) is 23.1 Å². The lowest BCUT2D eigenvalue weighted by Gasteiger charge is -2.07. The molecule has 8 nitrogen and oxygen atoms in total. The van der Waals surface area contributed by atoms with Crippen molar-refractivity contribution in [3.8, 4) is 0 Å². The van der Waals surface area contributed by atoms with Crippen LogP contribution in [0, 0.1) is 13.8 Å². The molecule has 0 saturated heterocycles. The first-order chi connectivity index (χ1) is 9.95. The summed E-state index contributed by atoms with van der Waals surface area (Å²) in [6.07, 6.45) is 1.40. The molecule has 116 valence electrons. The van der Waals surface area contributed by atoms with Gasteiger partial charge in [0.2, 0.25) is 10.0 Å². The van der Waals surface area contributed by atoms with Gasteiger partial charge in [-0.15, -0.1) is 0 Å². The molecule has 0 saturated carbocycles. The highest BCUT2D eigenvalue weighted by Crippen LogP contribution is 2.19. The molecule has 0 aliphatic heterocycles. The highest BCUT2D eigenvalue weighted by molar-refractivity contribution is 7.89. The van der Waals surface area contributed by atoms with Crippen molar-refractivity contribution in [3.05, 3.63) is 29.4 Å². The van der Waals surface area contributed by atoms with E-state index >= 15 is 0 Å². The molecule has 2 aromatic heterocycles. The summed E-state index contributed by atoms with van der Waals surface area (Å²) in [6, 6.07) is 1.61. The molecule has 0 atom stereocenters. The van der Waals surface area contributed by atoms with Crippen LogP contribution in [0.2, 0.25) is 0 Å². The molecule has 0 fully saturated rings. The highest BCUT2D eigenvalue weighted by Gasteiger charge is 2.24.